The second-order valence-corrected chi connectivity index (χ2v) is 5.86. The maximum Gasteiger partial charge on any atom is 0.380 e. The van der Waals surface area contributed by atoms with E-state index >= 15 is 0 Å². The molecule has 1 aromatic heterocycles. The minimum Gasteiger partial charge on any atom is -0.371 e. The number of nitrogens with two attached hydrogens (primary N) is 1. The van der Waals surface area contributed by atoms with Gasteiger partial charge in [-0.25, -0.2) is 9.36 Å². The summed E-state index contributed by atoms with van der Waals surface area (Å²) in [5.41, 5.74) is 1.43. The number of carbonyl (C=O) groups is 1. The number of anilines is 1. The van der Waals surface area contributed by atoms with Crippen LogP contribution < -0.4 is 24.5 Å². The lowest BCUT2D eigenvalue weighted by molar-refractivity contribution is -0.679. The van der Waals surface area contributed by atoms with Gasteiger partial charge in [-0.3, -0.25) is 0 Å². The smallest absolute Gasteiger partial charge is 0.371 e. The van der Waals surface area contributed by atoms with Crippen molar-refractivity contribution < 1.29 is 22.0 Å². The molecule has 0 spiro atoms. The fraction of sp³-hybridized carbons (Fsp3) is 0.143. The molecular weight excluding hydrogens is 320 g/mol. The number of hydrogen-bond acceptors (Lipinski definition) is 4. The molecule has 0 atom stereocenters. The minimum absolute atomic E-state index is 0.0646. The van der Waals surface area contributed by atoms with Crippen LogP contribution in [0, 0.1) is 0 Å². The summed E-state index contributed by atoms with van der Waals surface area (Å²) in [6, 6.07) is 11.1. The number of urea groups is 1. The molecule has 0 saturated carbocycles. The van der Waals surface area contributed by atoms with E-state index in [1.165, 1.54) is 24.3 Å². The number of benzene rings is 1. The zero-order valence-corrected chi connectivity index (χ0v) is 13.2. The van der Waals surface area contributed by atoms with Crippen LogP contribution >= 0.6 is 0 Å². The van der Waals surface area contributed by atoms with E-state index in [0.29, 0.717) is 12.2 Å². The maximum atomic E-state index is 11.8. The van der Waals surface area contributed by atoms with Gasteiger partial charge in [0.05, 0.1) is 0 Å². The number of pyridine rings is 1. The maximum absolute atomic E-state index is 11.8. The second-order valence-electron chi connectivity index (χ2n) is 4.71. The molecule has 2 aromatic rings. The van der Waals surface area contributed by atoms with Gasteiger partial charge >= 0.3 is 16.3 Å². The van der Waals surface area contributed by atoms with E-state index in [2.05, 4.69) is 14.8 Å². The lowest BCUT2D eigenvalue weighted by Gasteiger charge is -2.08. The average Bonchev–Trinajstić information content (AvgIpc) is 2.47. The van der Waals surface area contributed by atoms with Gasteiger partial charge in [-0.15, -0.1) is 0 Å². The van der Waals surface area contributed by atoms with E-state index < -0.39 is 10.3 Å². The van der Waals surface area contributed by atoms with Crippen molar-refractivity contribution in [1.29, 1.82) is 0 Å². The summed E-state index contributed by atoms with van der Waals surface area (Å²) < 4.78 is 28.0. The summed E-state index contributed by atoms with van der Waals surface area (Å²) >= 11 is 0. The van der Waals surface area contributed by atoms with E-state index in [-0.39, 0.29) is 11.8 Å². The molecule has 0 unspecified atom stereocenters. The lowest BCUT2D eigenvalue weighted by atomic mass is 10.3. The Labute approximate surface area is 134 Å². The predicted molar refractivity (Wildman–Crippen MR) is 83.7 cm³/mol. The van der Waals surface area contributed by atoms with Crippen LogP contribution in [-0.2, 0) is 23.9 Å². The van der Waals surface area contributed by atoms with Crippen molar-refractivity contribution in [2.75, 3.05) is 5.32 Å². The number of aryl methyl sites for hydroxylation is 1. The molecule has 9 heteroatoms. The Kier molecular flexibility index (Phi) is 5.14. The van der Waals surface area contributed by atoms with Crippen molar-refractivity contribution in [3.05, 3.63) is 54.4 Å². The van der Waals surface area contributed by atoms with Gasteiger partial charge in [-0.1, -0.05) is 6.07 Å². The first-order valence-electron chi connectivity index (χ1n) is 6.64. The van der Waals surface area contributed by atoms with Crippen LogP contribution in [0.25, 0.3) is 0 Å². The van der Waals surface area contributed by atoms with Gasteiger partial charge in [0.2, 0.25) is 5.69 Å². The molecule has 1 heterocycles. The summed E-state index contributed by atoms with van der Waals surface area (Å²) in [7, 11) is -2.17. The number of nitrogens with one attached hydrogen (secondary N) is 2. The van der Waals surface area contributed by atoms with Crippen LogP contribution in [0.5, 0.6) is 5.75 Å². The monoisotopic (exact) mass is 337 g/mol. The number of rotatable bonds is 5. The highest BCUT2D eigenvalue weighted by Gasteiger charge is 2.08. The zero-order chi connectivity index (χ0) is 16.9. The van der Waals surface area contributed by atoms with Crippen molar-refractivity contribution in [1.82, 2.24) is 5.32 Å². The van der Waals surface area contributed by atoms with Gasteiger partial charge in [-0.2, -0.15) is 13.6 Å². The van der Waals surface area contributed by atoms with E-state index in [1.807, 2.05) is 36.0 Å². The Morgan fingerprint density at radius 3 is 2.52 bits per heavy atom. The molecule has 0 saturated heterocycles. The fourth-order valence-corrected chi connectivity index (χ4v) is 2.20. The Bertz CT molecular complexity index is 791. The zero-order valence-electron chi connectivity index (χ0n) is 12.4. The fourth-order valence-electron chi connectivity index (χ4n) is 1.82. The van der Waals surface area contributed by atoms with Crippen molar-refractivity contribution in [2.45, 2.75) is 6.54 Å². The van der Waals surface area contributed by atoms with Crippen molar-refractivity contribution >= 4 is 22.0 Å². The van der Waals surface area contributed by atoms with E-state index in [4.69, 9.17) is 5.14 Å². The molecule has 8 nitrogen and oxygen atoms in total. The lowest BCUT2D eigenvalue weighted by Crippen LogP contribution is -2.38. The molecule has 0 aliphatic rings. The van der Waals surface area contributed by atoms with Crippen LogP contribution in [0.1, 0.15) is 5.69 Å². The highest BCUT2D eigenvalue weighted by Crippen LogP contribution is 2.16. The number of hydrogen-bond donors (Lipinski definition) is 3. The van der Waals surface area contributed by atoms with E-state index in [9.17, 15) is 13.2 Å². The molecule has 122 valence electrons. The molecule has 0 fully saturated rings. The topological polar surface area (TPSA) is 114 Å². The Morgan fingerprint density at radius 1 is 1.22 bits per heavy atom. The summed E-state index contributed by atoms with van der Waals surface area (Å²) in [5, 5.41) is 10.1. The molecule has 0 bridgehead atoms. The quantitative estimate of drug-likeness (QED) is 0.686. The van der Waals surface area contributed by atoms with Crippen LogP contribution in [0.4, 0.5) is 10.5 Å². The highest BCUT2D eigenvalue weighted by atomic mass is 32.2. The first kappa shape index (κ1) is 16.7. The summed E-state index contributed by atoms with van der Waals surface area (Å²) in [6.45, 7) is 0.371. The largest absolute Gasteiger partial charge is 0.380 e. The van der Waals surface area contributed by atoms with Crippen molar-refractivity contribution in [2.24, 2.45) is 12.2 Å². The second kappa shape index (κ2) is 7.07. The van der Waals surface area contributed by atoms with Gasteiger partial charge in [-0.05, 0) is 24.3 Å². The first-order chi connectivity index (χ1) is 10.8. The number of nitrogens with zero attached hydrogens (tertiary/aromatic N) is 1. The molecular formula is C14H17N4O4S+. The third-order valence-electron chi connectivity index (χ3n) is 2.92. The number of carbonyl (C=O) groups excluding carboxylic acids is 1. The summed E-state index contributed by atoms with van der Waals surface area (Å²) in [5.74, 6) is 0.0646. The van der Waals surface area contributed by atoms with E-state index in [0.717, 1.165) is 5.69 Å². The Hall–Kier alpha value is -2.65. The molecule has 1 aromatic carbocycles. The van der Waals surface area contributed by atoms with Crippen molar-refractivity contribution in [3.8, 4) is 5.75 Å². The van der Waals surface area contributed by atoms with Crippen molar-refractivity contribution in [3.63, 3.8) is 0 Å². The van der Waals surface area contributed by atoms with E-state index in [1.54, 1.807) is 0 Å². The normalized spacial score (nSPS) is 10.9. The SMILES string of the molecule is C[n+]1ccccc1CNC(=O)Nc1ccc(OS(N)(=O)=O)cc1. The predicted octanol–water partition coefficient (Wildman–Crippen LogP) is 0.415. The van der Waals surface area contributed by atoms with Crippen LogP contribution in [-0.4, -0.2) is 14.4 Å². The molecule has 2 amide bonds. The minimum atomic E-state index is -4.06. The molecule has 0 radical (unpaired) electrons. The van der Waals surface area contributed by atoms with Crippen LogP contribution in [0.3, 0.4) is 0 Å². The molecule has 23 heavy (non-hydrogen) atoms. The Balaban J connectivity index is 1.89. The average molecular weight is 337 g/mol. The van der Waals surface area contributed by atoms with Gasteiger partial charge in [0.1, 0.15) is 19.3 Å². The molecule has 0 aliphatic carbocycles. The standard InChI is InChI=1S/C14H16N4O4S/c1-18-9-3-2-4-12(18)10-16-14(19)17-11-5-7-13(8-6-11)22-23(15,20)21/h2-9H,10H2,1H3,(H3-,15,16,17,19,20,21)/p+1. The van der Waals surface area contributed by atoms with Gasteiger partial charge in [0, 0.05) is 17.8 Å². The van der Waals surface area contributed by atoms with Gasteiger partial charge in [0.15, 0.2) is 6.20 Å². The van der Waals surface area contributed by atoms with Gasteiger partial charge < -0.3 is 14.8 Å². The van der Waals surface area contributed by atoms with Gasteiger partial charge in [0.25, 0.3) is 0 Å². The third-order valence-corrected chi connectivity index (χ3v) is 3.34. The van der Waals surface area contributed by atoms with Crippen LogP contribution in [0.2, 0.25) is 0 Å². The Morgan fingerprint density at radius 2 is 1.91 bits per heavy atom. The number of aromatic nitrogens is 1. The molecule has 4 N–H and O–H groups in total. The molecule has 2 rings (SSSR count). The molecule has 0 aliphatic heterocycles. The first-order valence-corrected chi connectivity index (χ1v) is 8.11. The number of amides is 2. The third kappa shape index (κ3) is 5.57. The summed E-state index contributed by atoms with van der Waals surface area (Å²) in [6.07, 6.45) is 1.89. The summed E-state index contributed by atoms with van der Waals surface area (Å²) in [4.78, 5) is 11.8. The van der Waals surface area contributed by atoms with Crippen LogP contribution in [0.15, 0.2) is 48.7 Å². The highest BCUT2D eigenvalue weighted by molar-refractivity contribution is 7.84.